The minimum absolute atomic E-state index is 0.333. The molecule has 0 unspecified atom stereocenters. The van der Waals surface area contributed by atoms with Crippen molar-refractivity contribution in [2.24, 2.45) is 0 Å². The second-order valence-corrected chi connectivity index (χ2v) is 10.2. The molecule has 5 nitrogen and oxygen atoms in total. The molecule has 0 aromatic heterocycles. The number of nitrogens with one attached hydrogen (secondary N) is 1. The van der Waals surface area contributed by atoms with E-state index in [0.29, 0.717) is 46.4 Å². The number of hydrogen-bond donors (Lipinski definition) is 1. The van der Waals surface area contributed by atoms with Crippen LogP contribution in [0.5, 0.6) is 0 Å². The van der Waals surface area contributed by atoms with E-state index < -0.39 is 5.60 Å². The van der Waals surface area contributed by atoms with Crippen molar-refractivity contribution in [1.29, 1.82) is 0 Å². The van der Waals surface area contributed by atoms with Gasteiger partial charge in [0.25, 0.3) is 5.91 Å². The Kier molecular flexibility index (Phi) is 9.99. The molecule has 0 fully saturated rings. The van der Waals surface area contributed by atoms with E-state index in [0.717, 1.165) is 23.1 Å². The first-order valence-electron chi connectivity index (χ1n) is 11.5. The number of rotatable bonds is 7. The smallest absolute Gasteiger partial charge is 0.410 e. The van der Waals surface area contributed by atoms with Gasteiger partial charge in [-0.15, -0.1) is 0 Å². The molecule has 7 heteroatoms. The number of benzene rings is 1. The van der Waals surface area contributed by atoms with Gasteiger partial charge in [0.2, 0.25) is 0 Å². The standard InChI is InChI=1S/C28H34Cl2N2O3/c1-8-9-18(2)20(4)24(29)16-19(3)31-26(33)22-10-11-23(25(30)17-22)21-12-14-32(15-13-21)27(34)35-28(5,6)7/h9-12,16-17H,3-4,8,13-15H2,1-2,5-7H3,(H,31,33)/b18-9+,24-16+. The summed E-state index contributed by atoms with van der Waals surface area (Å²) in [4.78, 5) is 26.6. The van der Waals surface area contributed by atoms with Gasteiger partial charge in [0.1, 0.15) is 5.60 Å². The molecule has 1 aliphatic rings. The first-order chi connectivity index (χ1) is 16.3. The Morgan fingerprint density at radius 2 is 1.94 bits per heavy atom. The fraction of sp³-hybridized carbons (Fsp3) is 0.357. The molecule has 0 spiro atoms. The van der Waals surface area contributed by atoms with E-state index in [9.17, 15) is 9.59 Å². The highest BCUT2D eigenvalue weighted by Crippen LogP contribution is 2.30. The van der Waals surface area contributed by atoms with Crippen molar-refractivity contribution in [3.63, 3.8) is 0 Å². The molecule has 0 atom stereocenters. The van der Waals surface area contributed by atoms with Crippen molar-refractivity contribution >= 4 is 40.8 Å². The summed E-state index contributed by atoms with van der Waals surface area (Å²) >= 11 is 12.8. The third-order valence-corrected chi connectivity index (χ3v) is 5.94. The van der Waals surface area contributed by atoms with Crippen molar-refractivity contribution in [2.75, 3.05) is 13.1 Å². The third kappa shape index (κ3) is 8.44. The van der Waals surface area contributed by atoms with Crippen LogP contribution in [0, 0.1) is 0 Å². The van der Waals surface area contributed by atoms with Crippen LogP contribution in [0.15, 0.2) is 71.5 Å². The highest BCUT2D eigenvalue weighted by atomic mass is 35.5. The van der Waals surface area contributed by atoms with E-state index >= 15 is 0 Å². The molecule has 1 heterocycles. The predicted molar refractivity (Wildman–Crippen MR) is 146 cm³/mol. The molecule has 35 heavy (non-hydrogen) atoms. The zero-order valence-electron chi connectivity index (χ0n) is 21.1. The van der Waals surface area contributed by atoms with E-state index in [1.165, 1.54) is 0 Å². The largest absolute Gasteiger partial charge is 0.444 e. The highest BCUT2D eigenvalue weighted by molar-refractivity contribution is 6.33. The van der Waals surface area contributed by atoms with Gasteiger partial charge in [-0.25, -0.2) is 4.79 Å². The molecule has 1 N–H and O–H groups in total. The van der Waals surface area contributed by atoms with Gasteiger partial charge < -0.3 is 15.0 Å². The zero-order chi connectivity index (χ0) is 26.3. The van der Waals surface area contributed by atoms with E-state index in [4.69, 9.17) is 27.9 Å². The second kappa shape index (κ2) is 12.3. The number of carbonyl (C=O) groups is 2. The predicted octanol–water partition coefficient (Wildman–Crippen LogP) is 7.64. The van der Waals surface area contributed by atoms with Gasteiger partial charge in [0.05, 0.1) is 0 Å². The van der Waals surface area contributed by atoms with Crippen LogP contribution in [0.4, 0.5) is 4.79 Å². The van der Waals surface area contributed by atoms with E-state index in [2.05, 4.69) is 18.5 Å². The van der Waals surface area contributed by atoms with Gasteiger partial charge >= 0.3 is 6.09 Å². The maximum absolute atomic E-state index is 12.7. The van der Waals surface area contributed by atoms with E-state index in [1.54, 1.807) is 23.1 Å². The zero-order valence-corrected chi connectivity index (χ0v) is 22.6. The molecule has 0 radical (unpaired) electrons. The second-order valence-electron chi connectivity index (χ2n) is 9.35. The summed E-state index contributed by atoms with van der Waals surface area (Å²) in [5, 5.41) is 3.60. The normalized spacial score (nSPS) is 14.8. The summed E-state index contributed by atoms with van der Waals surface area (Å²) in [6, 6.07) is 5.15. The van der Waals surface area contributed by atoms with Crippen LogP contribution in [0.2, 0.25) is 5.02 Å². The number of ether oxygens (including phenoxy) is 1. The summed E-state index contributed by atoms with van der Waals surface area (Å²) in [6.45, 7) is 18.3. The summed E-state index contributed by atoms with van der Waals surface area (Å²) in [5.41, 5.74) is 3.73. The van der Waals surface area contributed by atoms with Crippen LogP contribution < -0.4 is 5.32 Å². The molecule has 0 saturated heterocycles. The SMILES string of the molecule is C=C(/C=C(/Cl)C(=C)/C(C)=C/CC)NC(=O)c1ccc(C2=CCN(C(=O)OC(C)(C)C)CC2)c(Cl)c1. The van der Waals surface area contributed by atoms with Crippen molar-refractivity contribution in [3.8, 4) is 0 Å². The molecule has 1 aromatic carbocycles. The molecule has 0 bridgehead atoms. The first kappa shape index (κ1) is 28.5. The number of allylic oxidation sites excluding steroid dienone is 5. The fourth-order valence-electron chi connectivity index (χ4n) is 3.43. The molecule has 0 aliphatic carbocycles. The summed E-state index contributed by atoms with van der Waals surface area (Å²) in [6.07, 6.45) is 6.75. The number of amides is 2. The van der Waals surface area contributed by atoms with Crippen molar-refractivity contribution in [2.45, 2.75) is 53.1 Å². The molecular weight excluding hydrogens is 483 g/mol. The lowest BCUT2D eigenvalue weighted by atomic mass is 9.98. The molecule has 2 rings (SSSR count). The maximum atomic E-state index is 12.7. The molecule has 2 amide bonds. The van der Waals surface area contributed by atoms with Crippen LogP contribution in [0.3, 0.4) is 0 Å². The van der Waals surface area contributed by atoms with Crippen LogP contribution >= 0.6 is 23.2 Å². The summed E-state index contributed by atoms with van der Waals surface area (Å²) < 4.78 is 5.44. The lowest BCUT2D eigenvalue weighted by Crippen LogP contribution is -2.39. The number of hydrogen-bond acceptors (Lipinski definition) is 3. The lowest BCUT2D eigenvalue weighted by molar-refractivity contribution is 0.0270. The van der Waals surface area contributed by atoms with E-state index in [1.807, 2.05) is 52.8 Å². The average molecular weight is 517 g/mol. The number of carbonyl (C=O) groups excluding carboxylic acids is 2. The van der Waals surface area contributed by atoms with Crippen molar-refractivity contribution < 1.29 is 14.3 Å². The Morgan fingerprint density at radius 1 is 1.26 bits per heavy atom. The minimum Gasteiger partial charge on any atom is -0.444 e. The topological polar surface area (TPSA) is 58.6 Å². The Morgan fingerprint density at radius 3 is 2.49 bits per heavy atom. The van der Waals surface area contributed by atoms with E-state index in [-0.39, 0.29) is 12.0 Å². The van der Waals surface area contributed by atoms with Crippen molar-refractivity contribution in [1.82, 2.24) is 10.2 Å². The lowest BCUT2D eigenvalue weighted by Gasteiger charge is -2.29. The van der Waals surface area contributed by atoms with Gasteiger partial charge in [0, 0.05) is 34.4 Å². The average Bonchev–Trinajstić information content (AvgIpc) is 2.77. The summed E-state index contributed by atoms with van der Waals surface area (Å²) in [7, 11) is 0. The monoisotopic (exact) mass is 516 g/mol. The molecule has 1 aromatic rings. The van der Waals surface area contributed by atoms with Crippen LogP contribution in [0.25, 0.3) is 5.57 Å². The molecule has 188 valence electrons. The highest BCUT2D eigenvalue weighted by Gasteiger charge is 2.24. The van der Waals surface area contributed by atoms with Crippen molar-refractivity contribution in [3.05, 3.63) is 87.6 Å². The van der Waals surface area contributed by atoms with Gasteiger partial charge in [-0.05, 0) is 81.0 Å². The van der Waals surface area contributed by atoms with Crippen LogP contribution in [-0.2, 0) is 4.74 Å². The molecular formula is C28H34Cl2N2O3. The van der Waals surface area contributed by atoms with Gasteiger partial charge in [-0.2, -0.15) is 0 Å². The number of nitrogens with zero attached hydrogens (tertiary/aromatic N) is 1. The van der Waals surface area contributed by atoms with Gasteiger partial charge in [0.15, 0.2) is 0 Å². The Hall–Kier alpha value is -2.76. The summed E-state index contributed by atoms with van der Waals surface area (Å²) in [5.74, 6) is -0.343. The first-order valence-corrected chi connectivity index (χ1v) is 12.3. The quantitative estimate of drug-likeness (QED) is 0.378. The van der Waals surface area contributed by atoms with Gasteiger partial charge in [-0.1, -0.05) is 61.5 Å². The number of halogens is 2. The van der Waals surface area contributed by atoms with Crippen LogP contribution in [0.1, 0.15) is 63.4 Å². The van der Waals surface area contributed by atoms with Gasteiger partial charge in [-0.3, -0.25) is 4.79 Å². The Bertz CT molecular complexity index is 1110. The van der Waals surface area contributed by atoms with Crippen LogP contribution in [-0.4, -0.2) is 35.6 Å². The minimum atomic E-state index is -0.535. The molecule has 0 saturated carbocycles. The molecule has 1 aliphatic heterocycles. The maximum Gasteiger partial charge on any atom is 0.410 e. The Balaban J connectivity index is 2.05. The Labute approximate surface area is 218 Å². The third-order valence-electron chi connectivity index (χ3n) is 5.29. The fourth-order valence-corrected chi connectivity index (χ4v) is 4.02.